The fourth-order valence-corrected chi connectivity index (χ4v) is 0.426. The number of rotatable bonds is 2. The van der Waals surface area contributed by atoms with E-state index in [-0.39, 0.29) is 0 Å². The van der Waals surface area contributed by atoms with Crippen molar-refractivity contribution < 1.29 is 14.6 Å². The fourth-order valence-electron chi connectivity index (χ4n) is 0.255. The highest BCUT2D eigenvalue weighted by atomic mass is 127. The van der Waals surface area contributed by atoms with Gasteiger partial charge in [0.15, 0.2) is 0 Å². The van der Waals surface area contributed by atoms with Crippen LogP contribution < -0.4 is 0 Å². The Morgan fingerprint density at radius 3 is 2.40 bits per heavy atom. The summed E-state index contributed by atoms with van der Waals surface area (Å²) in [4.78, 5) is 9.97. The zero-order valence-corrected chi connectivity index (χ0v) is 8.51. The Morgan fingerprint density at radius 2 is 2.30 bits per heavy atom. The van der Waals surface area contributed by atoms with Crippen molar-refractivity contribution in [3.8, 4) is 0 Å². The zero-order chi connectivity index (χ0) is 8.36. The lowest BCUT2D eigenvalue weighted by Crippen LogP contribution is -2.28. The molecule has 1 N–H and O–H groups in total. The molecular weight excluding hydrogens is 270 g/mol. The Labute approximate surface area is 77.8 Å². The molecule has 0 aliphatic rings. The molecule has 0 radical (unpaired) electrons. The average Bonchev–Trinajstić information content (AvgIpc) is 1.60. The van der Waals surface area contributed by atoms with Gasteiger partial charge in [-0.25, -0.2) is 4.79 Å². The Hall–Kier alpha value is 0.290. The molecule has 0 aromatic rings. The summed E-state index contributed by atoms with van der Waals surface area (Å²) >= 11 is 7.64. The lowest BCUT2D eigenvalue weighted by Gasteiger charge is -2.20. The van der Waals surface area contributed by atoms with Crippen molar-refractivity contribution in [3.05, 3.63) is 0 Å². The molecule has 0 amide bonds. The van der Waals surface area contributed by atoms with Crippen LogP contribution >= 0.6 is 34.2 Å². The third-order valence-corrected chi connectivity index (χ3v) is 2.18. The van der Waals surface area contributed by atoms with E-state index in [1.165, 1.54) is 0 Å². The summed E-state index contributed by atoms with van der Waals surface area (Å²) in [7, 11) is 0. The number of alkyl halides is 2. The predicted octanol–water partition coefficient (Wildman–Crippen LogP) is 2.46. The molecule has 0 saturated carbocycles. The van der Waals surface area contributed by atoms with Crippen LogP contribution in [0.1, 0.15) is 13.8 Å². The number of carbonyl (C=O) groups is 1. The monoisotopic (exact) mass is 278 g/mol. The first kappa shape index (κ1) is 10.3. The molecule has 3 nitrogen and oxygen atoms in total. The van der Waals surface area contributed by atoms with Crippen LogP contribution in [-0.4, -0.2) is 20.2 Å². The predicted molar refractivity (Wildman–Crippen MR) is 46.8 cm³/mol. The lowest BCUT2D eigenvalue weighted by molar-refractivity contribution is 0.0572. The molecule has 60 valence electrons. The van der Waals surface area contributed by atoms with Gasteiger partial charge in [-0.3, -0.25) is 0 Å². The van der Waals surface area contributed by atoms with E-state index < -0.39 is 15.1 Å². The molecule has 0 aromatic heterocycles. The minimum absolute atomic E-state index is 0.507. The number of carboxylic acid groups (broad SMARTS) is 1. The molecule has 0 spiro atoms. The van der Waals surface area contributed by atoms with E-state index >= 15 is 0 Å². The van der Waals surface area contributed by atoms with Crippen LogP contribution in [0.25, 0.3) is 0 Å². The van der Waals surface area contributed by atoms with E-state index in [9.17, 15) is 4.79 Å². The number of hydrogen-bond acceptors (Lipinski definition) is 2. The zero-order valence-electron chi connectivity index (χ0n) is 5.60. The minimum Gasteiger partial charge on any atom is -0.450 e. The van der Waals surface area contributed by atoms with Crippen LogP contribution in [0.15, 0.2) is 0 Å². The molecule has 0 bridgehead atoms. The third kappa shape index (κ3) is 4.16. The summed E-state index contributed by atoms with van der Waals surface area (Å²) in [5.41, 5.74) is 0. The SMILES string of the molecule is CC(OC(=O)O)C(C)(Cl)I. The van der Waals surface area contributed by atoms with Gasteiger partial charge in [0, 0.05) is 0 Å². The van der Waals surface area contributed by atoms with Crippen molar-refractivity contribution in [2.45, 2.75) is 22.8 Å². The maximum atomic E-state index is 9.97. The summed E-state index contributed by atoms with van der Waals surface area (Å²) < 4.78 is 3.72. The van der Waals surface area contributed by atoms with Crippen molar-refractivity contribution in [1.82, 2.24) is 0 Å². The number of hydrogen-bond donors (Lipinski definition) is 1. The molecule has 0 aliphatic carbocycles. The van der Waals surface area contributed by atoms with Crippen molar-refractivity contribution in [3.63, 3.8) is 0 Å². The van der Waals surface area contributed by atoms with Gasteiger partial charge < -0.3 is 9.84 Å². The summed E-state index contributed by atoms with van der Waals surface area (Å²) in [5, 5.41) is 8.16. The molecule has 2 unspecified atom stereocenters. The molecule has 2 atom stereocenters. The second-order valence-corrected chi connectivity index (χ2v) is 5.65. The first-order chi connectivity index (χ1) is 4.34. The van der Waals surface area contributed by atoms with Crippen LogP contribution in [-0.2, 0) is 4.74 Å². The first-order valence-electron chi connectivity index (χ1n) is 2.61. The van der Waals surface area contributed by atoms with Crippen LogP contribution in [0, 0.1) is 0 Å². The van der Waals surface area contributed by atoms with E-state index in [0.29, 0.717) is 0 Å². The quantitative estimate of drug-likeness (QED) is 0.479. The molecule has 0 rings (SSSR count). The van der Waals surface area contributed by atoms with E-state index in [1.807, 2.05) is 22.6 Å². The maximum absolute atomic E-state index is 9.97. The average molecular weight is 278 g/mol. The summed E-state index contributed by atoms with van der Waals surface area (Å²) in [5.74, 6) is 0. The van der Waals surface area contributed by atoms with Gasteiger partial charge in [0.1, 0.15) is 8.98 Å². The Kier molecular flexibility index (Phi) is 3.72. The highest BCUT2D eigenvalue weighted by molar-refractivity contribution is 14.1. The van der Waals surface area contributed by atoms with Gasteiger partial charge in [0.25, 0.3) is 0 Å². The number of halogens is 2. The standard InChI is InChI=1S/C5H8ClIO3/c1-3(5(2,6)7)10-4(8)9/h3H,1-2H3,(H,8,9). The normalized spacial score (nSPS) is 19.2. The van der Waals surface area contributed by atoms with Crippen LogP contribution in [0.5, 0.6) is 0 Å². The Morgan fingerprint density at radius 1 is 1.90 bits per heavy atom. The van der Waals surface area contributed by atoms with Gasteiger partial charge in [0.05, 0.1) is 0 Å². The van der Waals surface area contributed by atoms with Crippen LogP contribution in [0.4, 0.5) is 4.79 Å². The van der Waals surface area contributed by atoms with E-state index in [4.69, 9.17) is 16.7 Å². The number of ether oxygens (including phenoxy) is 1. The molecular formula is C5H8ClIO3. The van der Waals surface area contributed by atoms with Crippen LogP contribution in [0.2, 0.25) is 0 Å². The van der Waals surface area contributed by atoms with Gasteiger partial charge in [0.2, 0.25) is 0 Å². The highest BCUT2D eigenvalue weighted by Crippen LogP contribution is 2.29. The molecule has 0 fully saturated rings. The van der Waals surface area contributed by atoms with E-state index in [0.717, 1.165) is 0 Å². The third-order valence-electron chi connectivity index (χ3n) is 0.991. The van der Waals surface area contributed by atoms with Crippen molar-refractivity contribution >= 4 is 40.3 Å². The molecule has 0 aliphatic heterocycles. The smallest absolute Gasteiger partial charge is 0.450 e. The van der Waals surface area contributed by atoms with Crippen LogP contribution in [0.3, 0.4) is 0 Å². The van der Waals surface area contributed by atoms with Crippen molar-refractivity contribution in [2.24, 2.45) is 0 Å². The van der Waals surface area contributed by atoms with Gasteiger partial charge in [-0.15, -0.1) is 11.6 Å². The van der Waals surface area contributed by atoms with Gasteiger partial charge in [-0.05, 0) is 13.8 Å². The second kappa shape index (κ2) is 3.61. The Balaban J connectivity index is 3.85. The molecule has 10 heavy (non-hydrogen) atoms. The van der Waals surface area contributed by atoms with Gasteiger partial charge >= 0.3 is 6.16 Å². The molecule has 5 heteroatoms. The fraction of sp³-hybridized carbons (Fsp3) is 0.800. The minimum atomic E-state index is -1.30. The van der Waals surface area contributed by atoms with Gasteiger partial charge in [-0.1, -0.05) is 22.6 Å². The molecule has 0 saturated heterocycles. The Bertz CT molecular complexity index is 131. The second-order valence-electron chi connectivity index (χ2n) is 1.98. The summed E-state index contributed by atoms with van der Waals surface area (Å²) in [6.45, 7) is 3.29. The highest BCUT2D eigenvalue weighted by Gasteiger charge is 2.27. The molecule has 0 heterocycles. The lowest BCUT2D eigenvalue weighted by atomic mass is 10.3. The maximum Gasteiger partial charge on any atom is 0.506 e. The topological polar surface area (TPSA) is 46.5 Å². The van der Waals surface area contributed by atoms with E-state index in [1.54, 1.807) is 13.8 Å². The van der Waals surface area contributed by atoms with Crippen molar-refractivity contribution in [1.29, 1.82) is 0 Å². The van der Waals surface area contributed by atoms with Gasteiger partial charge in [-0.2, -0.15) is 0 Å². The largest absolute Gasteiger partial charge is 0.506 e. The summed E-state index contributed by atoms with van der Waals surface area (Å²) in [6, 6.07) is 0. The summed E-state index contributed by atoms with van der Waals surface area (Å²) in [6.07, 6.45) is -1.80. The van der Waals surface area contributed by atoms with Crippen molar-refractivity contribution in [2.75, 3.05) is 0 Å². The molecule has 0 aromatic carbocycles. The van der Waals surface area contributed by atoms with E-state index in [2.05, 4.69) is 4.74 Å². The first-order valence-corrected chi connectivity index (χ1v) is 4.07.